The lowest BCUT2D eigenvalue weighted by atomic mass is 10.2. The Labute approximate surface area is 116 Å². The first-order valence-corrected chi connectivity index (χ1v) is 5.99. The van der Waals surface area contributed by atoms with Gasteiger partial charge in [-0.25, -0.2) is 0 Å². The molecule has 2 rings (SSSR count). The van der Waals surface area contributed by atoms with Crippen LogP contribution in [0.4, 0.5) is 11.4 Å². The molecule has 0 saturated carbocycles. The molecule has 5 heteroatoms. The van der Waals surface area contributed by atoms with Crippen LogP contribution in [0.1, 0.15) is 10.4 Å². The van der Waals surface area contributed by atoms with E-state index in [4.69, 9.17) is 22.1 Å². The molecule has 0 aliphatic rings. The second kappa shape index (κ2) is 5.63. The van der Waals surface area contributed by atoms with Gasteiger partial charge in [-0.3, -0.25) is 4.79 Å². The van der Waals surface area contributed by atoms with Crippen LogP contribution in [-0.4, -0.2) is 13.0 Å². The topological polar surface area (TPSA) is 64.3 Å². The molecule has 0 fully saturated rings. The predicted octanol–water partition coefficient (Wildman–Crippen LogP) is 3.18. The first-order chi connectivity index (χ1) is 9.11. The van der Waals surface area contributed by atoms with E-state index >= 15 is 0 Å². The third kappa shape index (κ3) is 2.98. The predicted molar refractivity (Wildman–Crippen MR) is 76.8 cm³/mol. The molecule has 0 radical (unpaired) electrons. The van der Waals surface area contributed by atoms with Crippen molar-refractivity contribution in [2.75, 3.05) is 18.2 Å². The number of carbonyl (C=O) groups excluding carboxylic acids is 1. The fraction of sp³-hybridized carbons (Fsp3) is 0.0714. The van der Waals surface area contributed by atoms with Crippen LogP contribution in [0.5, 0.6) is 5.75 Å². The lowest BCUT2D eigenvalue weighted by Crippen LogP contribution is -2.12. The highest BCUT2D eigenvalue weighted by Crippen LogP contribution is 2.24. The van der Waals surface area contributed by atoms with Crippen LogP contribution < -0.4 is 15.8 Å². The number of anilines is 2. The smallest absolute Gasteiger partial charge is 0.257 e. The summed E-state index contributed by atoms with van der Waals surface area (Å²) in [5.41, 5.74) is 7.04. The lowest BCUT2D eigenvalue weighted by molar-refractivity contribution is 0.102. The van der Waals surface area contributed by atoms with E-state index in [1.54, 1.807) is 49.6 Å². The Kier molecular flexibility index (Phi) is 3.92. The molecule has 2 aromatic carbocycles. The Hall–Kier alpha value is -2.20. The summed E-state index contributed by atoms with van der Waals surface area (Å²) in [4.78, 5) is 12.1. The Morgan fingerprint density at radius 1 is 1.21 bits per heavy atom. The second-order valence-electron chi connectivity index (χ2n) is 3.89. The highest BCUT2D eigenvalue weighted by molar-refractivity contribution is 6.36. The van der Waals surface area contributed by atoms with E-state index in [0.717, 1.165) is 5.75 Å². The number of halogens is 1. The maximum absolute atomic E-state index is 12.1. The number of amides is 1. The number of nitrogens with one attached hydrogen (secondary N) is 1. The van der Waals surface area contributed by atoms with E-state index < -0.39 is 0 Å². The van der Waals surface area contributed by atoms with Crippen LogP contribution in [0.25, 0.3) is 0 Å². The molecule has 98 valence electrons. The number of nitrogens with two attached hydrogens (primary N) is 1. The summed E-state index contributed by atoms with van der Waals surface area (Å²) in [6, 6.07) is 12.0. The van der Waals surface area contributed by atoms with Crippen molar-refractivity contribution in [2.45, 2.75) is 0 Å². The largest absolute Gasteiger partial charge is 0.497 e. The number of rotatable bonds is 3. The fourth-order valence-corrected chi connectivity index (χ4v) is 1.81. The fourth-order valence-electron chi connectivity index (χ4n) is 1.60. The summed E-state index contributed by atoms with van der Waals surface area (Å²) in [5, 5.41) is 3.00. The molecule has 3 N–H and O–H groups in total. The number of hydrogen-bond donors (Lipinski definition) is 2. The van der Waals surface area contributed by atoms with Gasteiger partial charge in [0, 0.05) is 5.69 Å². The standard InChI is InChI=1S/C14H13ClN2O2/c1-19-10-7-5-9(6-8-10)17-14(18)11-3-2-4-12(16)13(11)15/h2-8H,16H2,1H3,(H,17,18). The van der Waals surface area contributed by atoms with E-state index in [-0.39, 0.29) is 10.9 Å². The molecule has 0 aliphatic carbocycles. The van der Waals surface area contributed by atoms with E-state index in [9.17, 15) is 4.79 Å². The average molecular weight is 277 g/mol. The van der Waals surface area contributed by atoms with Crippen molar-refractivity contribution in [1.29, 1.82) is 0 Å². The zero-order valence-corrected chi connectivity index (χ0v) is 11.1. The normalized spacial score (nSPS) is 10.0. The molecular weight excluding hydrogens is 264 g/mol. The van der Waals surface area contributed by atoms with E-state index in [2.05, 4.69) is 5.32 Å². The van der Waals surface area contributed by atoms with Gasteiger partial charge in [-0.05, 0) is 36.4 Å². The van der Waals surface area contributed by atoms with Crippen LogP contribution in [0.15, 0.2) is 42.5 Å². The minimum atomic E-state index is -0.303. The second-order valence-corrected chi connectivity index (χ2v) is 4.27. The van der Waals surface area contributed by atoms with E-state index in [1.807, 2.05) is 0 Å². The summed E-state index contributed by atoms with van der Waals surface area (Å²) in [5.74, 6) is 0.419. The molecule has 19 heavy (non-hydrogen) atoms. The van der Waals surface area contributed by atoms with Crippen molar-refractivity contribution in [3.05, 3.63) is 53.1 Å². The van der Waals surface area contributed by atoms with Crippen molar-refractivity contribution in [1.82, 2.24) is 0 Å². The number of ether oxygens (including phenoxy) is 1. The third-order valence-corrected chi connectivity index (χ3v) is 3.04. The Balaban J connectivity index is 2.18. The molecule has 0 bridgehead atoms. The van der Waals surface area contributed by atoms with Crippen LogP contribution in [0, 0.1) is 0 Å². The van der Waals surface area contributed by atoms with Crippen molar-refractivity contribution in [3.8, 4) is 5.75 Å². The van der Waals surface area contributed by atoms with E-state index in [1.165, 1.54) is 0 Å². The molecule has 0 aromatic heterocycles. The Morgan fingerprint density at radius 3 is 2.53 bits per heavy atom. The summed E-state index contributed by atoms with van der Waals surface area (Å²) in [7, 11) is 1.58. The molecule has 0 spiro atoms. The van der Waals surface area contributed by atoms with Gasteiger partial charge in [-0.15, -0.1) is 0 Å². The Morgan fingerprint density at radius 2 is 1.89 bits per heavy atom. The molecule has 0 heterocycles. The molecule has 4 nitrogen and oxygen atoms in total. The number of benzene rings is 2. The van der Waals surface area contributed by atoms with Gasteiger partial charge in [0.15, 0.2) is 0 Å². The number of carbonyl (C=O) groups is 1. The molecule has 2 aromatic rings. The quantitative estimate of drug-likeness (QED) is 0.846. The molecular formula is C14H13ClN2O2. The minimum Gasteiger partial charge on any atom is -0.497 e. The molecule has 0 aliphatic heterocycles. The number of nitrogen functional groups attached to an aromatic ring is 1. The van der Waals surface area contributed by atoms with Crippen molar-refractivity contribution in [3.63, 3.8) is 0 Å². The van der Waals surface area contributed by atoms with Gasteiger partial charge in [-0.1, -0.05) is 17.7 Å². The molecule has 0 unspecified atom stereocenters. The maximum atomic E-state index is 12.1. The zero-order chi connectivity index (χ0) is 13.8. The van der Waals surface area contributed by atoms with E-state index in [0.29, 0.717) is 16.9 Å². The van der Waals surface area contributed by atoms with Crippen LogP contribution >= 0.6 is 11.6 Å². The van der Waals surface area contributed by atoms with Crippen LogP contribution in [-0.2, 0) is 0 Å². The van der Waals surface area contributed by atoms with Crippen molar-refractivity contribution in [2.24, 2.45) is 0 Å². The average Bonchev–Trinajstić information content (AvgIpc) is 2.42. The van der Waals surface area contributed by atoms with Crippen molar-refractivity contribution < 1.29 is 9.53 Å². The third-order valence-electron chi connectivity index (χ3n) is 2.62. The highest BCUT2D eigenvalue weighted by atomic mass is 35.5. The van der Waals surface area contributed by atoms with Gasteiger partial charge in [0.1, 0.15) is 5.75 Å². The Bertz CT molecular complexity index is 597. The summed E-state index contributed by atoms with van der Waals surface area (Å²) in [6.45, 7) is 0. The molecule has 0 atom stereocenters. The maximum Gasteiger partial charge on any atom is 0.257 e. The summed E-state index contributed by atoms with van der Waals surface area (Å²) in [6.07, 6.45) is 0. The van der Waals surface area contributed by atoms with Gasteiger partial charge >= 0.3 is 0 Å². The van der Waals surface area contributed by atoms with Gasteiger partial charge in [-0.2, -0.15) is 0 Å². The van der Waals surface area contributed by atoms with Gasteiger partial charge in [0.25, 0.3) is 5.91 Å². The monoisotopic (exact) mass is 276 g/mol. The first kappa shape index (κ1) is 13.2. The first-order valence-electron chi connectivity index (χ1n) is 5.61. The van der Waals surface area contributed by atoms with Gasteiger partial charge < -0.3 is 15.8 Å². The molecule has 1 amide bonds. The van der Waals surface area contributed by atoms with Crippen LogP contribution in [0.2, 0.25) is 5.02 Å². The molecule has 0 saturated heterocycles. The number of methoxy groups -OCH3 is 1. The number of hydrogen-bond acceptors (Lipinski definition) is 3. The van der Waals surface area contributed by atoms with Crippen molar-refractivity contribution >= 4 is 28.9 Å². The SMILES string of the molecule is COc1ccc(NC(=O)c2cccc(N)c2Cl)cc1. The summed E-state index contributed by atoms with van der Waals surface area (Å²) < 4.78 is 5.04. The summed E-state index contributed by atoms with van der Waals surface area (Å²) >= 11 is 6.00. The lowest BCUT2D eigenvalue weighted by Gasteiger charge is -2.08. The van der Waals surface area contributed by atoms with Gasteiger partial charge in [0.2, 0.25) is 0 Å². The highest BCUT2D eigenvalue weighted by Gasteiger charge is 2.12. The van der Waals surface area contributed by atoms with Crippen LogP contribution in [0.3, 0.4) is 0 Å². The van der Waals surface area contributed by atoms with Gasteiger partial charge in [0.05, 0.1) is 23.4 Å². The minimum absolute atomic E-state index is 0.258. The zero-order valence-electron chi connectivity index (χ0n) is 10.3.